The number of carbonyl (C=O) groups excluding carboxylic acids is 2. The fourth-order valence-electron chi connectivity index (χ4n) is 2.41. The minimum absolute atomic E-state index is 0.0183. The van der Waals surface area contributed by atoms with Gasteiger partial charge in [0.15, 0.2) is 5.78 Å². The molecule has 0 saturated carbocycles. The lowest BCUT2D eigenvalue weighted by Crippen LogP contribution is -2.29. The third-order valence-corrected chi connectivity index (χ3v) is 3.80. The van der Waals surface area contributed by atoms with Gasteiger partial charge >= 0.3 is 0 Å². The minimum atomic E-state index is -0.0372. The van der Waals surface area contributed by atoms with E-state index in [9.17, 15) is 9.59 Å². The Morgan fingerprint density at radius 1 is 0.864 bits per heavy atom. The molecular formula is C19H29NO2. The van der Waals surface area contributed by atoms with Crippen LogP contribution < -0.4 is 5.32 Å². The van der Waals surface area contributed by atoms with E-state index in [0.29, 0.717) is 12.0 Å². The third-order valence-electron chi connectivity index (χ3n) is 3.80. The first-order valence-corrected chi connectivity index (χ1v) is 8.59. The molecule has 1 rings (SSSR count). The van der Waals surface area contributed by atoms with Crippen molar-refractivity contribution in [3.8, 4) is 0 Å². The largest absolute Gasteiger partial charge is 0.349 e. The van der Waals surface area contributed by atoms with E-state index in [1.54, 1.807) is 12.1 Å². The number of benzene rings is 1. The molecule has 0 fully saturated rings. The number of carbonyl (C=O) groups is 2. The topological polar surface area (TPSA) is 46.2 Å². The Bertz CT molecular complexity index is 428. The van der Waals surface area contributed by atoms with Crippen molar-refractivity contribution in [3.63, 3.8) is 0 Å². The second kappa shape index (κ2) is 12.0. The molecule has 1 aromatic carbocycles. The molecule has 0 bridgehead atoms. The molecule has 3 nitrogen and oxygen atoms in total. The Hall–Kier alpha value is -1.64. The number of unbranched alkanes of at least 4 members (excludes halogenated alkanes) is 7. The number of rotatable bonds is 12. The molecule has 0 aliphatic heterocycles. The molecule has 0 heterocycles. The molecule has 1 aromatic rings. The highest BCUT2D eigenvalue weighted by Crippen LogP contribution is 2.09. The van der Waals surface area contributed by atoms with Crippen molar-refractivity contribution in [1.29, 1.82) is 0 Å². The van der Waals surface area contributed by atoms with Gasteiger partial charge in [0.05, 0.1) is 6.54 Å². The molecule has 22 heavy (non-hydrogen) atoms. The molecule has 0 radical (unpaired) electrons. The predicted octanol–water partition coefficient (Wildman–Crippen LogP) is 4.52. The van der Waals surface area contributed by atoms with Gasteiger partial charge in [0.25, 0.3) is 0 Å². The molecular weight excluding hydrogens is 274 g/mol. The van der Waals surface area contributed by atoms with Gasteiger partial charge in [0.1, 0.15) is 0 Å². The smallest absolute Gasteiger partial charge is 0.220 e. The average Bonchev–Trinajstić information content (AvgIpc) is 2.56. The zero-order valence-electron chi connectivity index (χ0n) is 13.8. The van der Waals surface area contributed by atoms with Crippen LogP contribution in [0.3, 0.4) is 0 Å². The second-order valence-electron chi connectivity index (χ2n) is 5.79. The molecule has 3 heteroatoms. The summed E-state index contributed by atoms with van der Waals surface area (Å²) in [6.07, 6.45) is 10.3. The van der Waals surface area contributed by atoms with Gasteiger partial charge in [-0.3, -0.25) is 9.59 Å². The van der Waals surface area contributed by atoms with Crippen LogP contribution in [0.4, 0.5) is 0 Å². The molecule has 1 amide bonds. The van der Waals surface area contributed by atoms with Gasteiger partial charge in [-0.05, 0) is 6.42 Å². The second-order valence-corrected chi connectivity index (χ2v) is 5.79. The summed E-state index contributed by atoms with van der Waals surface area (Å²) in [5.74, 6) is -0.0554. The number of Topliss-reactive ketones (excluding diaryl/α,β-unsaturated/α-hetero) is 1. The summed E-state index contributed by atoms with van der Waals surface area (Å²) in [5, 5.41) is 2.71. The first-order valence-electron chi connectivity index (χ1n) is 8.59. The molecule has 0 atom stereocenters. The van der Waals surface area contributed by atoms with Gasteiger partial charge in [0, 0.05) is 12.0 Å². The van der Waals surface area contributed by atoms with Crippen molar-refractivity contribution in [1.82, 2.24) is 5.32 Å². The minimum Gasteiger partial charge on any atom is -0.349 e. The first kappa shape index (κ1) is 18.4. The maximum Gasteiger partial charge on any atom is 0.220 e. The lowest BCUT2D eigenvalue weighted by molar-refractivity contribution is -0.121. The van der Waals surface area contributed by atoms with Crippen LogP contribution in [0.25, 0.3) is 0 Å². The van der Waals surface area contributed by atoms with Crippen LogP contribution in [-0.2, 0) is 4.79 Å². The molecule has 0 aliphatic rings. The normalized spacial score (nSPS) is 10.4. The Kier molecular flexibility index (Phi) is 10.0. The molecule has 0 saturated heterocycles. The standard InChI is InChI=1S/C19H29NO2/c1-2-3-4-5-6-7-8-12-15-19(22)20-16-18(21)17-13-10-9-11-14-17/h9-11,13-14H,2-8,12,15-16H2,1H3,(H,20,22). The van der Waals surface area contributed by atoms with Crippen molar-refractivity contribution in [3.05, 3.63) is 35.9 Å². The van der Waals surface area contributed by atoms with E-state index in [1.165, 1.54) is 38.5 Å². The summed E-state index contributed by atoms with van der Waals surface area (Å²) in [5.41, 5.74) is 0.648. The van der Waals surface area contributed by atoms with Gasteiger partial charge in [-0.2, -0.15) is 0 Å². The molecule has 122 valence electrons. The molecule has 0 unspecified atom stereocenters. The van der Waals surface area contributed by atoms with Crippen LogP contribution in [-0.4, -0.2) is 18.2 Å². The highest BCUT2D eigenvalue weighted by atomic mass is 16.2. The van der Waals surface area contributed by atoms with E-state index in [-0.39, 0.29) is 18.2 Å². The van der Waals surface area contributed by atoms with Crippen LogP contribution in [0, 0.1) is 0 Å². The van der Waals surface area contributed by atoms with Crippen LogP contribution in [0.1, 0.15) is 75.1 Å². The number of hydrogen-bond donors (Lipinski definition) is 1. The van der Waals surface area contributed by atoms with Gasteiger partial charge in [-0.25, -0.2) is 0 Å². The zero-order chi connectivity index (χ0) is 16.0. The van der Waals surface area contributed by atoms with Crippen LogP contribution in [0.2, 0.25) is 0 Å². The Morgan fingerprint density at radius 2 is 1.45 bits per heavy atom. The Labute approximate surface area is 134 Å². The monoisotopic (exact) mass is 303 g/mol. The maximum atomic E-state index is 11.8. The number of nitrogens with one attached hydrogen (secondary N) is 1. The SMILES string of the molecule is CCCCCCCCCCC(=O)NCC(=O)c1ccccc1. The predicted molar refractivity (Wildman–Crippen MR) is 91.0 cm³/mol. The van der Waals surface area contributed by atoms with Crippen molar-refractivity contribution < 1.29 is 9.59 Å². The van der Waals surface area contributed by atoms with E-state index < -0.39 is 0 Å². The van der Waals surface area contributed by atoms with Crippen molar-refractivity contribution in [2.24, 2.45) is 0 Å². The zero-order valence-corrected chi connectivity index (χ0v) is 13.8. The van der Waals surface area contributed by atoms with Gasteiger partial charge < -0.3 is 5.32 Å². The van der Waals surface area contributed by atoms with E-state index in [4.69, 9.17) is 0 Å². The average molecular weight is 303 g/mol. The molecule has 1 N–H and O–H groups in total. The van der Waals surface area contributed by atoms with Gasteiger partial charge in [0.2, 0.25) is 5.91 Å². The van der Waals surface area contributed by atoms with Gasteiger partial charge in [-0.15, -0.1) is 0 Å². The lowest BCUT2D eigenvalue weighted by atomic mass is 10.1. The fourth-order valence-corrected chi connectivity index (χ4v) is 2.41. The van der Waals surface area contributed by atoms with Crippen molar-refractivity contribution >= 4 is 11.7 Å². The summed E-state index contributed by atoms with van der Waals surface area (Å²) in [6, 6.07) is 9.07. The van der Waals surface area contributed by atoms with E-state index >= 15 is 0 Å². The molecule has 0 aromatic heterocycles. The summed E-state index contributed by atoms with van der Waals surface area (Å²) in [7, 11) is 0. The number of ketones is 1. The van der Waals surface area contributed by atoms with E-state index in [2.05, 4.69) is 12.2 Å². The Balaban J connectivity index is 2.01. The summed E-state index contributed by atoms with van der Waals surface area (Å²) in [4.78, 5) is 23.5. The highest BCUT2D eigenvalue weighted by molar-refractivity contribution is 5.99. The first-order chi connectivity index (χ1) is 10.7. The maximum absolute atomic E-state index is 11.8. The van der Waals surface area contributed by atoms with Crippen LogP contribution in [0.15, 0.2) is 30.3 Å². The van der Waals surface area contributed by atoms with Gasteiger partial charge in [-0.1, -0.05) is 82.2 Å². The highest BCUT2D eigenvalue weighted by Gasteiger charge is 2.07. The van der Waals surface area contributed by atoms with Crippen LogP contribution >= 0.6 is 0 Å². The molecule has 0 aliphatic carbocycles. The van der Waals surface area contributed by atoms with Crippen molar-refractivity contribution in [2.45, 2.75) is 64.7 Å². The summed E-state index contributed by atoms with van der Waals surface area (Å²) in [6.45, 7) is 2.32. The van der Waals surface area contributed by atoms with E-state index in [1.807, 2.05) is 18.2 Å². The van der Waals surface area contributed by atoms with Crippen molar-refractivity contribution in [2.75, 3.05) is 6.54 Å². The summed E-state index contributed by atoms with van der Waals surface area (Å²) >= 11 is 0. The number of amides is 1. The quantitative estimate of drug-likeness (QED) is 0.456. The number of hydrogen-bond acceptors (Lipinski definition) is 2. The van der Waals surface area contributed by atoms with E-state index in [0.717, 1.165) is 12.8 Å². The summed E-state index contributed by atoms with van der Waals surface area (Å²) < 4.78 is 0. The molecule has 0 spiro atoms. The third kappa shape index (κ3) is 8.60. The Morgan fingerprint density at radius 3 is 2.09 bits per heavy atom. The fraction of sp³-hybridized carbons (Fsp3) is 0.579. The lowest BCUT2D eigenvalue weighted by Gasteiger charge is -2.05. The van der Waals surface area contributed by atoms with Crippen LogP contribution in [0.5, 0.6) is 0 Å².